The number of hydrogen-bond acceptors (Lipinski definition) is 2. The highest BCUT2D eigenvalue weighted by Gasteiger charge is 2.23. The van der Waals surface area contributed by atoms with Crippen molar-refractivity contribution in [3.8, 4) is 11.8 Å². The zero-order chi connectivity index (χ0) is 23.6. The SMILES string of the molecule is Cc1cc(C#CC(C)(C)C)ccc1C(=O)N(c1ccccc1)c1cccc2c(Cl)nccc12. The number of aryl methyl sites for hydroxylation is 1. The van der Waals surface area contributed by atoms with E-state index in [-0.39, 0.29) is 11.3 Å². The topological polar surface area (TPSA) is 33.2 Å². The number of anilines is 2. The maximum atomic E-state index is 14.0. The molecule has 0 aliphatic heterocycles. The van der Waals surface area contributed by atoms with Crippen LogP contribution in [0.1, 0.15) is 42.3 Å². The number of fused-ring (bicyclic) bond motifs is 1. The molecule has 3 aromatic carbocycles. The van der Waals surface area contributed by atoms with Crippen molar-refractivity contribution in [2.45, 2.75) is 27.7 Å². The number of halogens is 1. The average molecular weight is 453 g/mol. The summed E-state index contributed by atoms with van der Waals surface area (Å²) in [6.07, 6.45) is 1.66. The molecule has 4 aromatic rings. The Kier molecular flexibility index (Phi) is 6.22. The first-order chi connectivity index (χ1) is 15.7. The third kappa shape index (κ3) is 4.92. The molecule has 0 spiro atoms. The van der Waals surface area contributed by atoms with Crippen LogP contribution in [0.5, 0.6) is 0 Å². The highest BCUT2D eigenvalue weighted by Crippen LogP contribution is 2.35. The lowest BCUT2D eigenvalue weighted by molar-refractivity contribution is 0.0999. The second kappa shape index (κ2) is 9.10. The first-order valence-electron chi connectivity index (χ1n) is 10.8. The van der Waals surface area contributed by atoms with Crippen molar-refractivity contribution in [2.24, 2.45) is 5.41 Å². The summed E-state index contributed by atoms with van der Waals surface area (Å²) < 4.78 is 0. The maximum Gasteiger partial charge on any atom is 0.263 e. The summed E-state index contributed by atoms with van der Waals surface area (Å²) in [5.41, 5.74) is 3.84. The number of rotatable bonds is 3. The number of nitrogens with zero attached hydrogens (tertiary/aromatic N) is 2. The van der Waals surface area contributed by atoms with Crippen LogP contribution in [0.25, 0.3) is 10.8 Å². The molecule has 0 N–H and O–H groups in total. The van der Waals surface area contributed by atoms with Crippen LogP contribution in [0.3, 0.4) is 0 Å². The lowest BCUT2D eigenvalue weighted by Gasteiger charge is -2.25. The number of amides is 1. The van der Waals surface area contributed by atoms with Gasteiger partial charge in [-0.3, -0.25) is 9.69 Å². The fourth-order valence-electron chi connectivity index (χ4n) is 3.65. The Labute approximate surface area is 200 Å². The largest absolute Gasteiger partial charge is 0.276 e. The zero-order valence-electron chi connectivity index (χ0n) is 19.2. The molecule has 3 nitrogen and oxygen atoms in total. The van der Waals surface area contributed by atoms with Gasteiger partial charge in [-0.1, -0.05) is 53.8 Å². The van der Waals surface area contributed by atoms with Gasteiger partial charge in [-0.15, -0.1) is 0 Å². The van der Waals surface area contributed by atoms with Crippen LogP contribution in [-0.4, -0.2) is 10.9 Å². The van der Waals surface area contributed by atoms with Gasteiger partial charge in [0.2, 0.25) is 0 Å². The predicted octanol–water partition coefficient (Wildman–Crippen LogP) is 7.57. The molecular weight excluding hydrogens is 428 g/mol. The van der Waals surface area contributed by atoms with Gasteiger partial charge in [-0.05, 0) is 75.7 Å². The van der Waals surface area contributed by atoms with Gasteiger partial charge in [0, 0.05) is 39.2 Å². The molecule has 0 radical (unpaired) electrons. The molecule has 4 heteroatoms. The number of carbonyl (C=O) groups is 1. The summed E-state index contributed by atoms with van der Waals surface area (Å²) in [7, 11) is 0. The Balaban J connectivity index is 1.85. The number of carbonyl (C=O) groups excluding carboxylic acids is 1. The summed E-state index contributed by atoms with van der Waals surface area (Å²) in [4.78, 5) is 19.9. The Hall–Kier alpha value is -3.61. The Bertz CT molecular complexity index is 1390. The van der Waals surface area contributed by atoms with Crippen molar-refractivity contribution in [3.63, 3.8) is 0 Å². The summed E-state index contributed by atoms with van der Waals surface area (Å²) in [5.74, 6) is 6.35. The Morgan fingerprint density at radius 1 is 0.939 bits per heavy atom. The minimum Gasteiger partial charge on any atom is -0.276 e. The Morgan fingerprint density at radius 2 is 1.70 bits per heavy atom. The third-order valence-corrected chi connectivity index (χ3v) is 5.53. The molecule has 0 aliphatic carbocycles. The van der Waals surface area contributed by atoms with Crippen molar-refractivity contribution >= 4 is 39.7 Å². The summed E-state index contributed by atoms with van der Waals surface area (Å²) in [6, 6.07) is 23.0. The van der Waals surface area contributed by atoms with Crippen molar-refractivity contribution in [1.29, 1.82) is 0 Å². The minimum absolute atomic E-state index is 0.0863. The van der Waals surface area contributed by atoms with E-state index in [1.807, 2.05) is 79.7 Å². The van der Waals surface area contributed by atoms with E-state index in [9.17, 15) is 4.79 Å². The van der Waals surface area contributed by atoms with E-state index >= 15 is 0 Å². The van der Waals surface area contributed by atoms with Crippen molar-refractivity contribution in [2.75, 3.05) is 4.90 Å². The number of para-hydroxylation sites is 1. The quantitative estimate of drug-likeness (QED) is 0.237. The molecule has 1 aromatic heterocycles. The maximum absolute atomic E-state index is 14.0. The minimum atomic E-state index is -0.116. The molecule has 164 valence electrons. The van der Waals surface area contributed by atoms with E-state index in [0.29, 0.717) is 10.7 Å². The lowest BCUT2D eigenvalue weighted by Crippen LogP contribution is -2.27. The van der Waals surface area contributed by atoms with E-state index in [1.54, 1.807) is 11.1 Å². The molecule has 0 bridgehead atoms. The number of hydrogen-bond donors (Lipinski definition) is 0. The van der Waals surface area contributed by atoms with Gasteiger partial charge in [-0.25, -0.2) is 4.98 Å². The molecule has 0 atom stereocenters. The van der Waals surface area contributed by atoms with E-state index in [0.717, 1.165) is 33.3 Å². The van der Waals surface area contributed by atoms with Crippen molar-refractivity contribution in [1.82, 2.24) is 4.98 Å². The Morgan fingerprint density at radius 3 is 2.39 bits per heavy atom. The van der Waals surface area contributed by atoms with Gasteiger partial charge in [0.05, 0.1) is 5.69 Å². The molecule has 0 fully saturated rings. The first kappa shape index (κ1) is 22.6. The second-order valence-corrected chi connectivity index (χ2v) is 9.34. The standard InChI is InChI=1S/C29H25ClN2O/c1-20-19-21(15-17-29(2,3)4)13-14-23(20)28(33)32(22-9-6-5-7-10-22)26-12-8-11-25-24(26)16-18-31-27(25)30/h5-14,16,18-19H,1-4H3. The van der Waals surface area contributed by atoms with Crippen LogP contribution >= 0.6 is 11.6 Å². The van der Waals surface area contributed by atoms with Crippen LogP contribution in [0.4, 0.5) is 11.4 Å². The highest BCUT2D eigenvalue weighted by atomic mass is 35.5. The van der Waals surface area contributed by atoms with E-state index in [4.69, 9.17) is 11.6 Å². The van der Waals surface area contributed by atoms with Gasteiger partial charge < -0.3 is 0 Å². The molecule has 0 saturated carbocycles. The normalized spacial score (nSPS) is 11.1. The smallest absolute Gasteiger partial charge is 0.263 e. The number of aromatic nitrogens is 1. The molecule has 1 heterocycles. The van der Waals surface area contributed by atoms with Crippen LogP contribution in [0.2, 0.25) is 5.15 Å². The van der Waals surface area contributed by atoms with E-state index < -0.39 is 0 Å². The summed E-state index contributed by atoms with van der Waals surface area (Å²) >= 11 is 6.35. The molecular formula is C29H25ClN2O. The number of benzene rings is 3. The monoisotopic (exact) mass is 452 g/mol. The molecule has 33 heavy (non-hydrogen) atoms. The highest BCUT2D eigenvalue weighted by molar-refractivity contribution is 6.34. The second-order valence-electron chi connectivity index (χ2n) is 8.98. The molecule has 1 amide bonds. The van der Waals surface area contributed by atoms with Gasteiger partial charge >= 0.3 is 0 Å². The average Bonchev–Trinajstić information content (AvgIpc) is 2.79. The van der Waals surface area contributed by atoms with Crippen LogP contribution < -0.4 is 4.90 Å². The van der Waals surface area contributed by atoms with E-state index in [2.05, 4.69) is 37.6 Å². The third-order valence-electron chi connectivity index (χ3n) is 5.23. The zero-order valence-corrected chi connectivity index (χ0v) is 19.9. The first-order valence-corrected chi connectivity index (χ1v) is 11.2. The van der Waals surface area contributed by atoms with Crippen molar-refractivity contribution in [3.05, 3.63) is 101 Å². The summed E-state index contributed by atoms with van der Waals surface area (Å²) in [5, 5.41) is 2.07. The molecule has 0 aliphatic rings. The fraction of sp³-hybridized carbons (Fsp3) is 0.172. The van der Waals surface area contributed by atoms with Gasteiger partial charge in [0.25, 0.3) is 5.91 Å². The van der Waals surface area contributed by atoms with Gasteiger partial charge in [0.15, 0.2) is 0 Å². The molecule has 0 unspecified atom stereocenters. The summed E-state index contributed by atoms with van der Waals surface area (Å²) in [6.45, 7) is 8.18. The lowest BCUT2D eigenvalue weighted by atomic mass is 9.96. The van der Waals surface area contributed by atoms with Crippen LogP contribution in [0.15, 0.2) is 79.0 Å². The number of pyridine rings is 1. The molecule has 4 rings (SSSR count). The predicted molar refractivity (Wildman–Crippen MR) is 137 cm³/mol. The van der Waals surface area contributed by atoms with Gasteiger partial charge in [-0.2, -0.15) is 0 Å². The van der Waals surface area contributed by atoms with E-state index in [1.165, 1.54) is 0 Å². The van der Waals surface area contributed by atoms with Crippen LogP contribution in [-0.2, 0) is 0 Å². The van der Waals surface area contributed by atoms with Gasteiger partial charge in [0.1, 0.15) is 5.15 Å². The molecule has 0 saturated heterocycles. The van der Waals surface area contributed by atoms with Crippen molar-refractivity contribution < 1.29 is 4.79 Å². The van der Waals surface area contributed by atoms with Crippen LogP contribution in [0, 0.1) is 24.2 Å². The fourth-order valence-corrected chi connectivity index (χ4v) is 3.88.